The Labute approximate surface area is 95.9 Å². The molecule has 0 heterocycles. The average Bonchev–Trinajstić information content (AvgIpc) is 2.52. The van der Waals surface area contributed by atoms with Gasteiger partial charge in [-0.25, -0.2) is 0 Å². The Hall–Kier alpha value is -1.54. The molecule has 2 unspecified atom stereocenters. The second-order valence-corrected chi connectivity index (χ2v) is 4.25. The molecular formula is C14H16O2. The molecule has 0 radical (unpaired) electrons. The number of hydrogen-bond donors (Lipinski definition) is 1. The minimum atomic E-state index is -0.966. The Balaban J connectivity index is 2.43. The van der Waals surface area contributed by atoms with Crippen molar-refractivity contribution in [2.24, 2.45) is 0 Å². The van der Waals surface area contributed by atoms with Gasteiger partial charge < -0.3 is 9.84 Å². The zero-order valence-electron chi connectivity index (χ0n) is 9.60. The van der Waals surface area contributed by atoms with E-state index in [1.54, 1.807) is 14.0 Å². The molecule has 0 amide bonds. The maximum Gasteiger partial charge on any atom is 0.121 e. The van der Waals surface area contributed by atoms with Crippen LogP contribution in [0, 0.1) is 0 Å². The summed E-state index contributed by atoms with van der Waals surface area (Å²) in [5.41, 5.74) is 0.747. The van der Waals surface area contributed by atoms with E-state index in [1.165, 1.54) is 0 Å². The first-order valence-corrected chi connectivity index (χ1v) is 5.30. The van der Waals surface area contributed by atoms with Crippen molar-refractivity contribution in [1.82, 2.24) is 0 Å². The molecule has 0 saturated carbocycles. The molecule has 2 atom stereocenters. The summed E-state index contributed by atoms with van der Waals surface area (Å²) in [6, 6.07) is 9.89. The molecule has 0 fully saturated rings. The molecule has 16 heavy (non-hydrogen) atoms. The van der Waals surface area contributed by atoms with Gasteiger partial charge >= 0.3 is 0 Å². The molecule has 0 bridgehead atoms. The van der Waals surface area contributed by atoms with Gasteiger partial charge in [-0.3, -0.25) is 0 Å². The van der Waals surface area contributed by atoms with Crippen LogP contribution in [0.2, 0.25) is 0 Å². The average molecular weight is 216 g/mol. The maximum absolute atomic E-state index is 10.4. The standard InChI is InChI=1S/C14H16O2/c1-10-13(16-3)9-12(14(10,2)15)11-7-5-4-6-8-11/h4-9,12,15H,1H2,2-3H3. The van der Waals surface area contributed by atoms with Crippen molar-refractivity contribution >= 4 is 0 Å². The van der Waals surface area contributed by atoms with Gasteiger partial charge in [0.05, 0.1) is 7.11 Å². The summed E-state index contributed by atoms with van der Waals surface area (Å²) in [4.78, 5) is 0. The van der Waals surface area contributed by atoms with Crippen LogP contribution in [-0.2, 0) is 4.74 Å². The zero-order valence-corrected chi connectivity index (χ0v) is 9.60. The summed E-state index contributed by atoms with van der Waals surface area (Å²) in [5.74, 6) is 0.593. The molecule has 2 nitrogen and oxygen atoms in total. The number of ether oxygens (including phenoxy) is 1. The number of rotatable bonds is 2. The second kappa shape index (κ2) is 3.80. The van der Waals surface area contributed by atoms with Crippen LogP contribution in [-0.4, -0.2) is 17.8 Å². The molecule has 0 aliphatic heterocycles. The van der Waals surface area contributed by atoms with Crippen molar-refractivity contribution < 1.29 is 9.84 Å². The Morgan fingerprint density at radius 1 is 1.31 bits per heavy atom. The molecule has 0 saturated heterocycles. The molecule has 0 spiro atoms. The van der Waals surface area contributed by atoms with Gasteiger partial charge in [0.25, 0.3) is 0 Å². The molecule has 1 aromatic carbocycles. The van der Waals surface area contributed by atoms with Crippen LogP contribution in [0.5, 0.6) is 0 Å². The summed E-state index contributed by atoms with van der Waals surface area (Å²) in [7, 11) is 1.60. The Bertz CT molecular complexity index is 429. The quantitative estimate of drug-likeness (QED) is 0.823. The lowest BCUT2D eigenvalue weighted by Gasteiger charge is -2.26. The Morgan fingerprint density at radius 3 is 2.44 bits per heavy atom. The highest BCUT2D eigenvalue weighted by molar-refractivity contribution is 5.47. The van der Waals surface area contributed by atoms with Gasteiger partial charge in [0.15, 0.2) is 0 Å². The van der Waals surface area contributed by atoms with Crippen molar-refractivity contribution in [2.75, 3.05) is 7.11 Å². The van der Waals surface area contributed by atoms with Crippen LogP contribution < -0.4 is 0 Å². The molecule has 1 N–H and O–H groups in total. The third kappa shape index (κ3) is 1.55. The van der Waals surface area contributed by atoms with E-state index < -0.39 is 5.60 Å². The van der Waals surface area contributed by atoms with E-state index in [1.807, 2.05) is 36.4 Å². The van der Waals surface area contributed by atoms with E-state index in [2.05, 4.69) is 6.58 Å². The molecule has 1 aromatic rings. The molecule has 2 heteroatoms. The predicted octanol–water partition coefficient (Wildman–Crippen LogP) is 2.62. The van der Waals surface area contributed by atoms with Gasteiger partial charge in [-0.2, -0.15) is 0 Å². The van der Waals surface area contributed by atoms with Gasteiger partial charge in [-0.1, -0.05) is 36.9 Å². The summed E-state index contributed by atoms with van der Waals surface area (Å²) < 4.78 is 5.21. The predicted molar refractivity (Wildman–Crippen MR) is 64.0 cm³/mol. The van der Waals surface area contributed by atoms with Crippen molar-refractivity contribution in [3.8, 4) is 0 Å². The maximum atomic E-state index is 10.4. The van der Waals surface area contributed by atoms with Gasteiger partial charge in [-0.05, 0) is 18.6 Å². The first-order chi connectivity index (χ1) is 7.57. The number of benzene rings is 1. The highest BCUT2D eigenvalue weighted by Gasteiger charge is 2.42. The van der Waals surface area contributed by atoms with Crippen LogP contribution >= 0.6 is 0 Å². The minimum Gasteiger partial charge on any atom is -0.497 e. The second-order valence-electron chi connectivity index (χ2n) is 4.25. The Kier molecular flexibility index (Phi) is 2.60. The van der Waals surface area contributed by atoms with Gasteiger partial charge in [0.2, 0.25) is 0 Å². The molecular weight excluding hydrogens is 200 g/mol. The van der Waals surface area contributed by atoms with Gasteiger partial charge in [0, 0.05) is 11.5 Å². The van der Waals surface area contributed by atoms with Gasteiger partial charge in [-0.15, -0.1) is 0 Å². The van der Waals surface area contributed by atoms with E-state index >= 15 is 0 Å². The molecule has 0 aromatic heterocycles. The van der Waals surface area contributed by atoms with Crippen LogP contribution in [0.4, 0.5) is 0 Å². The highest BCUT2D eigenvalue weighted by atomic mass is 16.5. The molecule has 84 valence electrons. The van der Waals surface area contributed by atoms with Crippen LogP contribution in [0.3, 0.4) is 0 Å². The fourth-order valence-corrected chi connectivity index (χ4v) is 2.12. The molecule has 1 aliphatic rings. The van der Waals surface area contributed by atoms with E-state index in [0.717, 1.165) is 5.56 Å². The Morgan fingerprint density at radius 2 is 1.94 bits per heavy atom. The molecule has 2 rings (SSSR count). The summed E-state index contributed by atoms with van der Waals surface area (Å²) in [5, 5.41) is 10.4. The number of hydrogen-bond acceptors (Lipinski definition) is 2. The van der Waals surface area contributed by atoms with Crippen LogP contribution in [0.1, 0.15) is 18.4 Å². The lowest BCUT2D eigenvalue weighted by Crippen LogP contribution is -2.30. The zero-order chi connectivity index (χ0) is 11.8. The van der Waals surface area contributed by atoms with E-state index in [9.17, 15) is 5.11 Å². The van der Waals surface area contributed by atoms with E-state index in [-0.39, 0.29) is 5.92 Å². The van der Waals surface area contributed by atoms with Crippen molar-refractivity contribution in [1.29, 1.82) is 0 Å². The van der Waals surface area contributed by atoms with Gasteiger partial charge in [0.1, 0.15) is 11.4 Å². The van der Waals surface area contributed by atoms with Crippen molar-refractivity contribution in [3.05, 3.63) is 59.9 Å². The lowest BCUT2D eigenvalue weighted by atomic mass is 9.84. The monoisotopic (exact) mass is 216 g/mol. The third-order valence-corrected chi connectivity index (χ3v) is 3.21. The fraction of sp³-hybridized carbons (Fsp3) is 0.286. The van der Waals surface area contributed by atoms with Crippen molar-refractivity contribution in [2.45, 2.75) is 18.4 Å². The SMILES string of the molecule is C=C1C(OC)=CC(c2ccccc2)C1(C)O. The lowest BCUT2D eigenvalue weighted by molar-refractivity contribution is 0.0894. The highest BCUT2D eigenvalue weighted by Crippen LogP contribution is 2.44. The van der Waals surface area contributed by atoms with Crippen molar-refractivity contribution in [3.63, 3.8) is 0 Å². The fourth-order valence-electron chi connectivity index (χ4n) is 2.12. The topological polar surface area (TPSA) is 29.5 Å². The normalized spacial score (nSPS) is 29.1. The first-order valence-electron chi connectivity index (χ1n) is 5.30. The first kappa shape index (κ1) is 11.0. The number of aliphatic hydroxyl groups is 1. The summed E-state index contributed by atoms with van der Waals surface area (Å²) >= 11 is 0. The van der Waals surface area contributed by atoms with E-state index in [0.29, 0.717) is 11.3 Å². The third-order valence-electron chi connectivity index (χ3n) is 3.21. The smallest absolute Gasteiger partial charge is 0.121 e. The van der Waals surface area contributed by atoms with E-state index in [4.69, 9.17) is 4.74 Å². The largest absolute Gasteiger partial charge is 0.497 e. The van der Waals surface area contributed by atoms with Crippen LogP contribution in [0.25, 0.3) is 0 Å². The number of methoxy groups -OCH3 is 1. The summed E-state index contributed by atoms with van der Waals surface area (Å²) in [6.45, 7) is 5.67. The minimum absolute atomic E-state index is 0.0869. The van der Waals surface area contributed by atoms with Crippen LogP contribution in [0.15, 0.2) is 54.3 Å². The molecule has 1 aliphatic carbocycles. The summed E-state index contributed by atoms with van der Waals surface area (Å²) in [6.07, 6.45) is 1.93.